The van der Waals surface area contributed by atoms with Gasteiger partial charge in [-0.25, -0.2) is 4.79 Å². The van der Waals surface area contributed by atoms with E-state index < -0.39 is 66.6 Å². The van der Waals surface area contributed by atoms with Crippen molar-refractivity contribution in [2.75, 3.05) is 32.9 Å². The summed E-state index contributed by atoms with van der Waals surface area (Å²) in [6.07, 6.45) is -7.59. The Morgan fingerprint density at radius 1 is 1.02 bits per heavy atom. The highest BCUT2D eigenvalue weighted by atomic mass is 16.7. The second-order valence-electron chi connectivity index (χ2n) is 10.3. The molecule has 0 aromatic heterocycles. The third kappa shape index (κ3) is 9.68. The third-order valence-corrected chi connectivity index (χ3v) is 6.59. The highest BCUT2D eigenvalue weighted by molar-refractivity contribution is 6.12. The van der Waals surface area contributed by atoms with Gasteiger partial charge in [0.25, 0.3) is 11.8 Å². The molecule has 1 aromatic rings. The minimum Gasteiger partial charge on any atom is -0.491 e. The summed E-state index contributed by atoms with van der Waals surface area (Å²) in [5.41, 5.74) is 0.324. The number of imide groups is 1. The summed E-state index contributed by atoms with van der Waals surface area (Å²) in [4.78, 5) is 47.6. The molecule has 0 spiro atoms. The van der Waals surface area contributed by atoms with Crippen molar-refractivity contribution < 1.29 is 68.4 Å². The molecular weight excluding hydrogens is 588 g/mol. The lowest BCUT2D eigenvalue weighted by Gasteiger charge is -2.38. The van der Waals surface area contributed by atoms with Gasteiger partial charge in [-0.15, -0.1) is 0 Å². The normalized spacial score (nSPS) is 24.1. The third-order valence-electron chi connectivity index (χ3n) is 6.59. The first-order valence-electron chi connectivity index (χ1n) is 13.9. The van der Waals surface area contributed by atoms with Crippen LogP contribution in [0, 0.1) is 5.92 Å². The molecule has 3 rings (SSSR count). The van der Waals surface area contributed by atoms with Crippen molar-refractivity contribution in [3.05, 3.63) is 35.9 Å². The van der Waals surface area contributed by atoms with E-state index in [4.69, 9.17) is 23.7 Å². The SMILES string of the molecule is CC(C)C(=O)OCc1ccc(OCCOCCNC(O)CCN2C(=O)C=CC2=O)cc1O[C@@H]1O[C@H](C(=O)O)[C@@H](O)[C@H](O)[C@H]1O. The summed E-state index contributed by atoms with van der Waals surface area (Å²) < 4.78 is 27.3. The van der Waals surface area contributed by atoms with E-state index in [9.17, 15) is 44.7 Å². The number of hydrogen-bond acceptors (Lipinski definition) is 14. The van der Waals surface area contributed by atoms with Gasteiger partial charge in [-0.1, -0.05) is 13.8 Å². The Hall–Kier alpha value is -3.64. The van der Waals surface area contributed by atoms with E-state index in [1.807, 2.05) is 0 Å². The molecule has 244 valence electrons. The molecule has 6 N–H and O–H groups in total. The van der Waals surface area contributed by atoms with E-state index in [2.05, 4.69) is 5.32 Å². The second-order valence-corrected chi connectivity index (χ2v) is 10.3. The Morgan fingerprint density at radius 3 is 2.39 bits per heavy atom. The summed E-state index contributed by atoms with van der Waals surface area (Å²) in [5, 5.41) is 52.5. The number of benzene rings is 1. The van der Waals surface area contributed by atoms with Crippen LogP contribution in [0.1, 0.15) is 25.8 Å². The van der Waals surface area contributed by atoms with Gasteiger partial charge in [-0.2, -0.15) is 0 Å². The van der Waals surface area contributed by atoms with Crippen LogP contribution >= 0.6 is 0 Å². The molecule has 0 aliphatic carbocycles. The van der Waals surface area contributed by atoms with E-state index in [-0.39, 0.29) is 57.4 Å². The first kappa shape index (κ1) is 34.8. The maximum absolute atomic E-state index is 12.0. The zero-order valence-electron chi connectivity index (χ0n) is 24.2. The number of aliphatic hydroxyl groups is 4. The zero-order valence-corrected chi connectivity index (χ0v) is 24.2. The standard InChI is InChI=1S/C28H38N2O14/c1-15(2)27(39)42-14-16-3-4-17(13-18(16)43-28-24(36)22(34)23(35)25(44-28)26(37)38)41-12-11-40-10-8-29-19(31)7-9-30-20(32)5-6-21(30)33/h3-6,13,15,19,22-25,28-29,31,34-36H,7-12,14H2,1-2H3,(H,37,38)/t19?,22-,23-,24+,25-,28+/m0/s1. The van der Waals surface area contributed by atoms with E-state index in [1.54, 1.807) is 19.9 Å². The Bertz CT molecular complexity index is 1170. The fourth-order valence-electron chi connectivity index (χ4n) is 4.07. The van der Waals surface area contributed by atoms with Gasteiger partial charge < -0.3 is 49.2 Å². The molecule has 2 amide bonds. The fraction of sp³-hybridized carbons (Fsp3) is 0.571. The average molecular weight is 627 g/mol. The fourth-order valence-corrected chi connectivity index (χ4v) is 4.07. The molecule has 2 heterocycles. The molecule has 1 fully saturated rings. The van der Waals surface area contributed by atoms with Crippen LogP contribution in [-0.4, -0.2) is 124 Å². The van der Waals surface area contributed by atoms with Gasteiger partial charge in [0.15, 0.2) is 6.10 Å². The lowest BCUT2D eigenvalue weighted by Crippen LogP contribution is -2.61. The molecule has 1 aromatic carbocycles. The maximum atomic E-state index is 12.0. The summed E-state index contributed by atoms with van der Waals surface area (Å²) in [6, 6.07) is 4.48. The van der Waals surface area contributed by atoms with Gasteiger partial charge in [0.05, 0.1) is 19.1 Å². The van der Waals surface area contributed by atoms with E-state index >= 15 is 0 Å². The number of carboxylic acid groups (broad SMARTS) is 1. The number of hydrogen-bond donors (Lipinski definition) is 6. The van der Waals surface area contributed by atoms with Crippen molar-refractivity contribution in [2.24, 2.45) is 5.92 Å². The molecule has 0 saturated carbocycles. The van der Waals surface area contributed by atoms with Crippen LogP contribution in [0.2, 0.25) is 0 Å². The van der Waals surface area contributed by atoms with Crippen LogP contribution < -0.4 is 14.8 Å². The first-order valence-corrected chi connectivity index (χ1v) is 13.9. The molecule has 44 heavy (non-hydrogen) atoms. The largest absolute Gasteiger partial charge is 0.491 e. The van der Waals surface area contributed by atoms with Gasteiger partial charge >= 0.3 is 11.9 Å². The minimum atomic E-state index is -1.90. The Morgan fingerprint density at radius 2 is 1.73 bits per heavy atom. The van der Waals surface area contributed by atoms with Gasteiger partial charge in [0.1, 0.15) is 49.3 Å². The number of rotatable bonds is 17. The predicted octanol–water partition coefficient (Wildman–Crippen LogP) is -1.72. The zero-order chi connectivity index (χ0) is 32.4. The van der Waals surface area contributed by atoms with Crippen molar-refractivity contribution >= 4 is 23.8 Å². The van der Waals surface area contributed by atoms with Gasteiger partial charge in [-0.3, -0.25) is 24.6 Å². The van der Waals surface area contributed by atoms with Crippen molar-refractivity contribution in [3.8, 4) is 11.5 Å². The highest BCUT2D eigenvalue weighted by Crippen LogP contribution is 2.30. The Balaban J connectivity index is 1.50. The van der Waals surface area contributed by atoms with Crippen molar-refractivity contribution in [1.82, 2.24) is 10.2 Å². The number of esters is 1. The van der Waals surface area contributed by atoms with Crippen LogP contribution in [0.4, 0.5) is 0 Å². The van der Waals surface area contributed by atoms with E-state index in [0.29, 0.717) is 5.56 Å². The van der Waals surface area contributed by atoms with Crippen LogP contribution in [0.15, 0.2) is 30.4 Å². The Labute approximate surface area is 252 Å². The van der Waals surface area contributed by atoms with Gasteiger partial charge in [0.2, 0.25) is 6.29 Å². The van der Waals surface area contributed by atoms with Crippen molar-refractivity contribution in [2.45, 2.75) is 63.8 Å². The highest BCUT2D eigenvalue weighted by Gasteiger charge is 2.48. The summed E-state index contributed by atoms with van der Waals surface area (Å²) >= 11 is 0. The number of carboxylic acids is 1. The van der Waals surface area contributed by atoms with Gasteiger partial charge in [0, 0.05) is 43.3 Å². The average Bonchev–Trinajstić information content (AvgIpc) is 3.31. The van der Waals surface area contributed by atoms with E-state index in [1.165, 1.54) is 24.3 Å². The number of aliphatic hydroxyl groups excluding tert-OH is 4. The van der Waals surface area contributed by atoms with Crippen molar-refractivity contribution in [1.29, 1.82) is 0 Å². The lowest BCUT2D eigenvalue weighted by molar-refractivity contribution is -0.271. The van der Waals surface area contributed by atoms with Crippen LogP contribution in [-0.2, 0) is 40.0 Å². The topological polar surface area (TPSA) is 231 Å². The molecule has 6 atom stereocenters. The number of nitrogens with one attached hydrogen (secondary N) is 1. The number of ether oxygens (including phenoxy) is 5. The second kappa shape index (κ2) is 16.4. The smallest absolute Gasteiger partial charge is 0.335 e. The number of nitrogens with zero attached hydrogens (tertiary/aromatic N) is 1. The molecule has 1 unspecified atom stereocenters. The molecule has 16 nitrogen and oxygen atoms in total. The quantitative estimate of drug-likeness (QED) is 0.0489. The first-order chi connectivity index (χ1) is 20.9. The molecule has 1 saturated heterocycles. The van der Waals surface area contributed by atoms with Crippen LogP contribution in [0.5, 0.6) is 11.5 Å². The van der Waals surface area contributed by atoms with Crippen molar-refractivity contribution in [3.63, 3.8) is 0 Å². The minimum absolute atomic E-state index is 0.00283. The predicted molar refractivity (Wildman–Crippen MR) is 147 cm³/mol. The lowest BCUT2D eigenvalue weighted by atomic mass is 9.99. The maximum Gasteiger partial charge on any atom is 0.335 e. The van der Waals surface area contributed by atoms with E-state index in [0.717, 1.165) is 4.90 Å². The molecule has 16 heteroatoms. The molecule has 0 radical (unpaired) electrons. The molecule has 2 aliphatic heterocycles. The number of amides is 2. The molecule has 2 aliphatic rings. The molecule has 0 bridgehead atoms. The summed E-state index contributed by atoms with van der Waals surface area (Å²) in [5.74, 6) is -3.01. The summed E-state index contributed by atoms with van der Waals surface area (Å²) in [7, 11) is 0. The van der Waals surface area contributed by atoms with Gasteiger partial charge in [-0.05, 0) is 12.1 Å². The number of carbonyl (C=O) groups is 4. The number of aliphatic carboxylic acids is 1. The summed E-state index contributed by atoms with van der Waals surface area (Å²) in [6.45, 7) is 3.89. The monoisotopic (exact) mass is 626 g/mol. The molecular formula is C28H38N2O14. The van der Waals surface area contributed by atoms with Crippen LogP contribution in [0.3, 0.4) is 0 Å². The Kier molecular flexibility index (Phi) is 13.0. The number of carbonyl (C=O) groups excluding carboxylic acids is 3. The van der Waals surface area contributed by atoms with Crippen LogP contribution in [0.25, 0.3) is 0 Å².